The summed E-state index contributed by atoms with van der Waals surface area (Å²) in [5, 5.41) is 36.0. The van der Waals surface area contributed by atoms with Gasteiger partial charge in [-0.25, -0.2) is 13.2 Å². The van der Waals surface area contributed by atoms with Crippen molar-refractivity contribution < 1.29 is 33.3 Å². The number of phenols is 2. The van der Waals surface area contributed by atoms with Gasteiger partial charge in [-0.2, -0.15) is 0 Å². The Morgan fingerprint density at radius 3 is 2.27 bits per heavy atom. The van der Waals surface area contributed by atoms with Gasteiger partial charge in [-0.3, -0.25) is 10.0 Å². The lowest BCUT2D eigenvalue weighted by Crippen LogP contribution is -2.38. The summed E-state index contributed by atoms with van der Waals surface area (Å²) in [6, 6.07) is 18.8. The van der Waals surface area contributed by atoms with Crippen LogP contribution in [-0.4, -0.2) is 79.8 Å². The van der Waals surface area contributed by atoms with Gasteiger partial charge in [0.2, 0.25) is 10.0 Å². The molecule has 1 aliphatic heterocycles. The summed E-state index contributed by atoms with van der Waals surface area (Å²) < 4.78 is 31.0. The quantitative estimate of drug-likeness (QED) is 0.0678. The van der Waals surface area contributed by atoms with Crippen LogP contribution in [0.15, 0.2) is 66.7 Å². The van der Waals surface area contributed by atoms with Gasteiger partial charge < -0.3 is 30.3 Å². The van der Waals surface area contributed by atoms with E-state index in [1.807, 2.05) is 36.4 Å². The number of carbonyl (C=O) groups excluding carboxylic acids is 1. The number of unbranched alkanes of at least 4 members (excludes halogenated alkanes) is 6. The van der Waals surface area contributed by atoms with Crippen LogP contribution < -0.4 is 15.4 Å². The molecule has 0 aliphatic carbocycles. The molecule has 48 heavy (non-hydrogen) atoms. The lowest BCUT2D eigenvalue weighted by atomic mass is 10.0. The molecule has 0 bridgehead atoms. The van der Waals surface area contributed by atoms with Crippen molar-refractivity contribution in [3.63, 3.8) is 0 Å². The molecule has 1 fully saturated rings. The zero-order chi connectivity index (χ0) is 34.4. The first-order valence-corrected chi connectivity index (χ1v) is 18.7. The lowest BCUT2D eigenvalue weighted by molar-refractivity contribution is 0.0584. The number of aromatic hydroxyl groups is 2. The smallest absolute Gasteiger partial charge is 0.411 e. The van der Waals surface area contributed by atoms with E-state index in [1.54, 1.807) is 18.2 Å². The average molecular weight is 683 g/mol. The van der Waals surface area contributed by atoms with E-state index >= 15 is 0 Å². The first-order valence-electron chi connectivity index (χ1n) is 16.9. The summed E-state index contributed by atoms with van der Waals surface area (Å²) in [6.45, 7) is 4.05. The molecule has 1 amide bonds. The topological polar surface area (TPSA) is 160 Å². The number of aliphatic hydroxyl groups is 1. The van der Waals surface area contributed by atoms with Crippen LogP contribution in [-0.2, 0) is 14.8 Å². The molecule has 0 saturated carbocycles. The Kier molecular flexibility index (Phi) is 14.4. The van der Waals surface area contributed by atoms with Crippen LogP contribution in [0.2, 0.25) is 0 Å². The van der Waals surface area contributed by atoms with E-state index in [9.17, 15) is 28.5 Å². The number of para-hydroxylation sites is 1. The molecule has 11 nitrogen and oxygen atoms in total. The number of hydrogen-bond donors (Lipinski definition) is 6. The number of nitrogens with one attached hydrogen (secondary N) is 3. The largest absolute Gasteiger partial charge is 0.508 e. The Labute approximate surface area is 284 Å². The van der Waals surface area contributed by atoms with Gasteiger partial charge in [0.25, 0.3) is 0 Å². The zero-order valence-corrected chi connectivity index (χ0v) is 28.6. The van der Waals surface area contributed by atoms with Crippen LogP contribution in [0.1, 0.15) is 69.5 Å². The summed E-state index contributed by atoms with van der Waals surface area (Å²) in [7, 11) is -3.53. The van der Waals surface area contributed by atoms with Gasteiger partial charge >= 0.3 is 6.09 Å². The number of carbonyl (C=O) groups is 1. The summed E-state index contributed by atoms with van der Waals surface area (Å²) in [4.78, 5) is 15.1. The van der Waals surface area contributed by atoms with Crippen molar-refractivity contribution >= 4 is 27.5 Å². The van der Waals surface area contributed by atoms with Crippen LogP contribution in [0.25, 0.3) is 11.1 Å². The number of aliphatic hydroxyl groups excluding tert-OH is 1. The maximum Gasteiger partial charge on any atom is 0.411 e. The van der Waals surface area contributed by atoms with Gasteiger partial charge in [0, 0.05) is 25.2 Å². The molecule has 3 aromatic carbocycles. The number of benzene rings is 3. The number of hydrogen-bond acceptors (Lipinski definition) is 9. The van der Waals surface area contributed by atoms with Crippen LogP contribution >= 0.6 is 0 Å². The summed E-state index contributed by atoms with van der Waals surface area (Å²) in [5.41, 5.74) is 3.01. The number of sulfonamides is 1. The Morgan fingerprint density at radius 1 is 0.896 bits per heavy atom. The van der Waals surface area contributed by atoms with Crippen molar-refractivity contribution in [2.75, 3.05) is 49.0 Å². The second-order valence-corrected chi connectivity index (χ2v) is 14.3. The third kappa shape index (κ3) is 12.6. The Bertz CT molecular complexity index is 1540. The monoisotopic (exact) mass is 682 g/mol. The van der Waals surface area contributed by atoms with Gasteiger partial charge in [-0.05, 0) is 80.2 Å². The van der Waals surface area contributed by atoms with E-state index in [2.05, 4.69) is 20.3 Å². The van der Waals surface area contributed by atoms with Crippen LogP contribution in [0.5, 0.6) is 11.5 Å². The summed E-state index contributed by atoms with van der Waals surface area (Å²) >= 11 is 0. The normalized spacial score (nSPS) is 14.8. The van der Waals surface area contributed by atoms with Gasteiger partial charge in [0.1, 0.15) is 17.6 Å². The van der Waals surface area contributed by atoms with Gasteiger partial charge in [-0.1, -0.05) is 68.5 Å². The van der Waals surface area contributed by atoms with Crippen LogP contribution in [0.3, 0.4) is 0 Å². The highest BCUT2D eigenvalue weighted by Gasteiger charge is 2.22. The van der Waals surface area contributed by atoms with Gasteiger partial charge in [-0.15, -0.1) is 0 Å². The van der Waals surface area contributed by atoms with Crippen molar-refractivity contribution in [1.82, 2.24) is 10.2 Å². The van der Waals surface area contributed by atoms with Crippen molar-refractivity contribution in [2.45, 2.75) is 70.0 Å². The molecule has 3 aromatic rings. The predicted octanol–water partition coefficient (Wildman–Crippen LogP) is 6.20. The molecule has 262 valence electrons. The molecule has 0 radical (unpaired) electrons. The average Bonchev–Trinajstić information content (AvgIpc) is 3.05. The third-order valence-corrected chi connectivity index (χ3v) is 9.11. The highest BCUT2D eigenvalue weighted by Crippen LogP contribution is 2.30. The highest BCUT2D eigenvalue weighted by atomic mass is 32.2. The van der Waals surface area contributed by atoms with E-state index in [-0.39, 0.29) is 23.3 Å². The standard InChI is InChI=1S/C36H50N4O7S/c1-48(45,46)39-33-25-28(15-18-34(33)42)35(43)26-37-21-9-5-3-2-4-6-10-22-40-23-19-30(20-24-40)47-36(44)38-32-12-8-7-11-31(32)27-13-16-29(41)17-14-27/h7-8,11-18,25,30,35,37,39,41-43H,2-6,9-10,19-24,26H2,1H3,(H,38,44)/t35-/m0/s1. The van der Waals surface area contributed by atoms with E-state index in [1.165, 1.54) is 37.8 Å². The number of ether oxygens (including phenoxy) is 1. The molecule has 0 aromatic heterocycles. The van der Waals surface area contributed by atoms with Gasteiger partial charge in [0.05, 0.1) is 23.7 Å². The van der Waals surface area contributed by atoms with Crippen LogP contribution in [0.4, 0.5) is 16.2 Å². The lowest BCUT2D eigenvalue weighted by Gasteiger charge is -2.31. The Balaban J connectivity index is 1.00. The first kappa shape index (κ1) is 37.0. The van der Waals surface area contributed by atoms with Crippen LogP contribution in [0, 0.1) is 0 Å². The van der Waals surface area contributed by atoms with E-state index in [0.717, 1.165) is 75.7 Å². The number of nitrogens with zero attached hydrogens (tertiary/aromatic N) is 1. The third-order valence-electron chi connectivity index (χ3n) is 8.52. The van der Waals surface area contributed by atoms with Crippen molar-refractivity contribution in [1.29, 1.82) is 0 Å². The van der Waals surface area contributed by atoms with Gasteiger partial charge in [0.15, 0.2) is 0 Å². The Morgan fingerprint density at radius 2 is 1.56 bits per heavy atom. The zero-order valence-electron chi connectivity index (χ0n) is 27.7. The minimum Gasteiger partial charge on any atom is -0.508 e. The number of amides is 1. The summed E-state index contributed by atoms with van der Waals surface area (Å²) in [5.74, 6) is 0.00563. The summed E-state index contributed by atoms with van der Waals surface area (Å²) in [6.07, 6.45) is 9.41. The minimum absolute atomic E-state index is 0.0526. The molecule has 0 spiro atoms. The Hall–Kier alpha value is -3.84. The molecule has 0 unspecified atom stereocenters. The first-order chi connectivity index (χ1) is 23.1. The molecule has 1 heterocycles. The maximum atomic E-state index is 12.7. The maximum absolute atomic E-state index is 12.7. The van der Waals surface area contributed by atoms with Crippen molar-refractivity contribution in [3.05, 3.63) is 72.3 Å². The number of rotatable bonds is 18. The molecule has 4 rings (SSSR count). The second-order valence-electron chi connectivity index (χ2n) is 12.5. The molecule has 6 N–H and O–H groups in total. The SMILES string of the molecule is CS(=O)(=O)Nc1cc([C@@H](O)CNCCCCCCCCCN2CCC(OC(=O)Nc3ccccc3-c3ccc(O)cc3)CC2)ccc1O. The number of anilines is 2. The molecule has 1 aliphatic rings. The van der Waals surface area contributed by atoms with E-state index < -0.39 is 22.2 Å². The number of likely N-dealkylation sites (tertiary alicyclic amines) is 1. The molecule has 12 heteroatoms. The van der Waals surface area contributed by atoms with Crippen molar-refractivity contribution in [2.24, 2.45) is 0 Å². The minimum atomic E-state index is -3.53. The van der Waals surface area contributed by atoms with E-state index in [4.69, 9.17) is 4.74 Å². The number of phenolic OH excluding ortho intramolecular Hbond substituents is 2. The molecular formula is C36H50N4O7S. The fourth-order valence-electron chi connectivity index (χ4n) is 5.89. The predicted molar refractivity (Wildman–Crippen MR) is 190 cm³/mol. The molecule has 1 atom stereocenters. The molecule has 1 saturated heterocycles. The molecular weight excluding hydrogens is 632 g/mol. The fraction of sp³-hybridized carbons (Fsp3) is 0.472. The number of piperidine rings is 1. The second kappa shape index (κ2) is 18.6. The fourth-order valence-corrected chi connectivity index (χ4v) is 6.46. The van der Waals surface area contributed by atoms with E-state index in [0.29, 0.717) is 17.8 Å². The van der Waals surface area contributed by atoms with Crippen molar-refractivity contribution in [3.8, 4) is 22.6 Å². The highest BCUT2D eigenvalue weighted by molar-refractivity contribution is 7.92.